The van der Waals surface area contributed by atoms with Gasteiger partial charge in [0.1, 0.15) is 4.88 Å². The van der Waals surface area contributed by atoms with Gasteiger partial charge in [-0.05, 0) is 6.42 Å². The number of anilines is 2. The van der Waals surface area contributed by atoms with E-state index in [4.69, 9.17) is 11.5 Å². The molecule has 14 heavy (non-hydrogen) atoms. The molecule has 0 aliphatic carbocycles. The average Bonchev–Trinajstić information content (AvgIpc) is 2.46. The third kappa shape index (κ3) is 1.82. The zero-order valence-corrected chi connectivity index (χ0v) is 9.11. The maximum atomic E-state index is 11.3. The van der Waals surface area contributed by atoms with E-state index in [9.17, 15) is 4.79 Å². The Bertz CT molecular complexity index is 347. The van der Waals surface area contributed by atoms with Gasteiger partial charge in [0.2, 0.25) is 0 Å². The van der Waals surface area contributed by atoms with Crippen LogP contribution in [0.15, 0.2) is 0 Å². The van der Waals surface area contributed by atoms with Gasteiger partial charge in [-0.3, -0.25) is 0 Å². The molecule has 0 aliphatic rings. The number of hydrogen-bond donors (Lipinski definition) is 2. The van der Waals surface area contributed by atoms with E-state index < -0.39 is 5.97 Å². The molecule has 0 spiro atoms. The number of nitrogen functional groups attached to an aromatic ring is 2. The summed E-state index contributed by atoms with van der Waals surface area (Å²) in [6, 6.07) is 0. The van der Waals surface area contributed by atoms with Crippen LogP contribution in [0.1, 0.15) is 27.9 Å². The lowest BCUT2D eigenvalue weighted by Gasteiger charge is -1.96. The van der Waals surface area contributed by atoms with Crippen LogP contribution in [0, 0.1) is 0 Å². The molecule has 0 atom stereocenters. The monoisotopic (exact) mass is 214 g/mol. The highest BCUT2D eigenvalue weighted by Gasteiger charge is 2.18. The molecule has 1 aromatic heterocycles. The second kappa shape index (κ2) is 4.32. The van der Waals surface area contributed by atoms with Gasteiger partial charge in [0.05, 0.1) is 18.5 Å². The van der Waals surface area contributed by atoms with Gasteiger partial charge in [-0.25, -0.2) is 4.79 Å². The van der Waals surface area contributed by atoms with Gasteiger partial charge in [-0.15, -0.1) is 11.3 Å². The standard InChI is InChI=1S/C9H14N2O2S/c1-3-4-5-6(10)7(11)8(14-5)9(12)13-2/h3-4,10-11H2,1-2H3. The summed E-state index contributed by atoms with van der Waals surface area (Å²) >= 11 is 1.32. The fraction of sp³-hybridized carbons (Fsp3) is 0.444. The van der Waals surface area contributed by atoms with E-state index in [1.54, 1.807) is 0 Å². The van der Waals surface area contributed by atoms with E-state index >= 15 is 0 Å². The lowest BCUT2D eigenvalue weighted by atomic mass is 10.2. The predicted molar refractivity (Wildman–Crippen MR) is 58.5 cm³/mol. The van der Waals surface area contributed by atoms with Gasteiger partial charge in [-0.2, -0.15) is 0 Å². The Balaban J connectivity index is 3.08. The maximum absolute atomic E-state index is 11.3. The molecule has 1 heterocycles. The number of hydrogen-bond acceptors (Lipinski definition) is 5. The number of carbonyl (C=O) groups excluding carboxylic acids is 1. The molecule has 78 valence electrons. The van der Waals surface area contributed by atoms with Crippen molar-refractivity contribution in [3.8, 4) is 0 Å². The van der Waals surface area contributed by atoms with Crippen LogP contribution in [-0.2, 0) is 11.2 Å². The topological polar surface area (TPSA) is 78.3 Å². The van der Waals surface area contributed by atoms with Crippen LogP contribution in [0.4, 0.5) is 11.4 Å². The van der Waals surface area contributed by atoms with Crippen LogP contribution in [0.3, 0.4) is 0 Å². The quantitative estimate of drug-likeness (QED) is 0.750. The van der Waals surface area contributed by atoms with Gasteiger partial charge >= 0.3 is 5.97 Å². The number of methoxy groups -OCH3 is 1. The van der Waals surface area contributed by atoms with E-state index in [1.807, 2.05) is 6.92 Å². The van der Waals surface area contributed by atoms with Crippen molar-refractivity contribution >= 4 is 28.7 Å². The molecule has 0 amide bonds. The second-order valence-corrected chi connectivity index (χ2v) is 4.03. The largest absolute Gasteiger partial charge is 0.465 e. The van der Waals surface area contributed by atoms with E-state index in [0.29, 0.717) is 16.3 Å². The molecular formula is C9H14N2O2S. The molecule has 0 unspecified atom stereocenters. The molecule has 0 saturated carbocycles. The van der Waals surface area contributed by atoms with Gasteiger partial charge in [0, 0.05) is 4.88 Å². The number of thiophene rings is 1. The summed E-state index contributed by atoms with van der Waals surface area (Å²) in [5.74, 6) is -0.415. The smallest absolute Gasteiger partial charge is 0.350 e. The normalized spacial score (nSPS) is 10.1. The first kappa shape index (κ1) is 10.8. The van der Waals surface area contributed by atoms with Crippen LogP contribution in [0.5, 0.6) is 0 Å². The number of ether oxygens (including phenoxy) is 1. The van der Waals surface area contributed by atoms with Crippen molar-refractivity contribution in [2.45, 2.75) is 19.8 Å². The van der Waals surface area contributed by atoms with Crippen molar-refractivity contribution in [1.29, 1.82) is 0 Å². The third-order valence-corrected chi connectivity index (χ3v) is 3.17. The van der Waals surface area contributed by atoms with E-state index in [0.717, 1.165) is 17.7 Å². The van der Waals surface area contributed by atoms with Crippen LogP contribution in [-0.4, -0.2) is 13.1 Å². The Labute approximate surface area is 86.9 Å². The lowest BCUT2D eigenvalue weighted by molar-refractivity contribution is 0.0607. The summed E-state index contributed by atoms with van der Waals surface area (Å²) in [4.78, 5) is 12.6. The molecule has 1 rings (SSSR count). The number of nitrogens with two attached hydrogens (primary N) is 2. The minimum atomic E-state index is -0.415. The molecule has 0 radical (unpaired) electrons. The number of carbonyl (C=O) groups is 1. The molecule has 4 nitrogen and oxygen atoms in total. The van der Waals surface area contributed by atoms with Gasteiger partial charge in [-0.1, -0.05) is 13.3 Å². The van der Waals surface area contributed by atoms with Crippen molar-refractivity contribution in [1.82, 2.24) is 0 Å². The van der Waals surface area contributed by atoms with Crippen LogP contribution < -0.4 is 11.5 Å². The molecule has 0 saturated heterocycles. The van der Waals surface area contributed by atoms with Crippen molar-refractivity contribution in [3.05, 3.63) is 9.75 Å². The Morgan fingerprint density at radius 2 is 2.07 bits per heavy atom. The molecule has 5 heteroatoms. The highest BCUT2D eigenvalue weighted by atomic mass is 32.1. The van der Waals surface area contributed by atoms with Gasteiger partial charge in [0.25, 0.3) is 0 Å². The minimum Gasteiger partial charge on any atom is -0.465 e. The van der Waals surface area contributed by atoms with E-state index in [-0.39, 0.29) is 0 Å². The molecule has 1 aromatic rings. The summed E-state index contributed by atoms with van der Waals surface area (Å²) in [7, 11) is 1.33. The Morgan fingerprint density at radius 3 is 2.57 bits per heavy atom. The summed E-state index contributed by atoms with van der Waals surface area (Å²) in [6.45, 7) is 2.05. The van der Waals surface area contributed by atoms with Gasteiger partial charge < -0.3 is 16.2 Å². The summed E-state index contributed by atoms with van der Waals surface area (Å²) in [5, 5.41) is 0. The molecular weight excluding hydrogens is 200 g/mol. The molecule has 4 N–H and O–H groups in total. The Kier molecular flexibility index (Phi) is 3.35. The summed E-state index contributed by atoms with van der Waals surface area (Å²) in [6.07, 6.45) is 1.82. The summed E-state index contributed by atoms with van der Waals surface area (Å²) in [5.41, 5.74) is 12.3. The fourth-order valence-corrected chi connectivity index (χ4v) is 2.32. The van der Waals surface area contributed by atoms with Gasteiger partial charge in [0.15, 0.2) is 0 Å². The van der Waals surface area contributed by atoms with Crippen molar-refractivity contribution < 1.29 is 9.53 Å². The second-order valence-electron chi connectivity index (χ2n) is 2.92. The number of aryl methyl sites for hydroxylation is 1. The van der Waals surface area contributed by atoms with E-state index in [1.165, 1.54) is 18.4 Å². The minimum absolute atomic E-state index is 0.352. The summed E-state index contributed by atoms with van der Waals surface area (Å²) < 4.78 is 4.60. The molecule has 0 bridgehead atoms. The Hall–Kier alpha value is -1.23. The molecule has 0 aliphatic heterocycles. The SMILES string of the molecule is CCCc1sc(C(=O)OC)c(N)c1N. The van der Waals surface area contributed by atoms with Crippen molar-refractivity contribution in [2.24, 2.45) is 0 Å². The number of rotatable bonds is 3. The predicted octanol–water partition coefficient (Wildman–Crippen LogP) is 1.65. The molecule has 0 fully saturated rings. The number of esters is 1. The first-order chi connectivity index (χ1) is 6.61. The van der Waals surface area contributed by atoms with Crippen molar-refractivity contribution in [3.63, 3.8) is 0 Å². The average molecular weight is 214 g/mol. The zero-order valence-electron chi connectivity index (χ0n) is 8.29. The highest BCUT2D eigenvalue weighted by molar-refractivity contribution is 7.15. The highest BCUT2D eigenvalue weighted by Crippen LogP contribution is 2.34. The first-order valence-corrected chi connectivity index (χ1v) is 5.18. The van der Waals surface area contributed by atoms with E-state index in [2.05, 4.69) is 4.74 Å². The Morgan fingerprint density at radius 1 is 1.43 bits per heavy atom. The van der Waals surface area contributed by atoms with Crippen LogP contribution in [0.2, 0.25) is 0 Å². The fourth-order valence-electron chi connectivity index (χ4n) is 1.16. The van der Waals surface area contributed by atoms with Crippen LogP contribution in [0.25, 0.3) is 0 Å². The maximum Gasteiger partial charge on any atom is 0.350 e. The lowest BCUT2D eigenvalue weighted by Crippen LogP contribution is -2.02. The van der Waals surface area contributed by atoms with Crippen LogP contribution >= 0.6 is 11.3 Å². The van der Waals surface area contributed by atoms with Crippen molar-refractivity contribution in [2.75, 3.05) is 18.6 Å². The first-order valence-electron chi connectivity index (χ1n) is 4.36. The zero-order chi connectivity index (χ0) is 10.7. The third-order valence-electron chi connectivity index (χ3n) is 1.91. The molecule has 0 aromatic carbocycles.